The second-order valence-electron chi connectivity index (χ2n) is 8.81. The number of rotatable bonds is 6. The Bertz CT molecular complexity index is 994. The van der Waals surface area contributed by atoms with Gasteiger partial charge in [-0.25, -0.2) is 0 Å². The maximum absolute atomic E-state index is 13.0. The number of likely N-dealkylation sites (tertiary alicyclic amines) is 1. The first-order valence-electron chi connectivity index (χ1n) is 11.8. The molecule has 0 aliphatic carbocycles. The largest absolute Gasteiger partial charge is 0.378 e. The van der Waals surface area contributed by atoms with E-state index in [1.807, 2.05) is 41.3 Å². The molecule has 0 radical (unpaired) electrons. The van der Waals surface area contributed by atoms with Crippen molar-refractivity contribution in [3.63, 3.8) is 0 Å². The number of piperidine rings is 1. The van der Waals surface area contributed by atoms with Gasteiger partial charge in [0.1, 0.15) is 0 Å². The number of morpholine rings is 1. The molecule has 0 bridgehead atoms. The Morgan fingerprint density at radius 3 is 2.30 bits per heavy atom. The van der Waals surface area contributed by atoms with Crippen LogP contribution in [0.1, 0.15) is 41.6 Å². The van der Waals surface area contributed by atoms with Crippen LogP contribution in [0.4, 0.5) is 0 Å². The number of nitrogens with zero attached hydrogens (tertiary/aromatic N) is 4. The molecule has 7 heteroatoms. The third kappa shape index (κ3) is 5.15. The summed E-state index contributed by atoms with van der Waals surface area (Å²) in [6.45, 7) is 4.90. The van der Waals surface area contributed by atoms with E-state index in [0.717, 1.165) is 37.1 Å². The lowest BCUT2D eigenvalue weighted by Gasteiger charge is -2.35. The Balaban J connectivity index is 1.29. The van der Waals surface area contributed by atoms with Gasteiger partial charge in [0.25, 0.3) is 0 Å². The topological polar surface area (TPSA) is 71.7 Å². The number of ether oxygens (including phenoxy) is 1. The Morgan fingerprint density at radius 2 is 1.64 bits per heavy atom. The lowest BCUT2D eigenvalue weighted by Crippen LogP contribution is -2.48. The van der Waals surface area contributed by atoms with Gasteiger partial charge in [-0.1, -0.05) is 65.8 Å². The van der Waals surface area contributed by atoms with E-state index in [1.54, 1.807) is 0 Å². The SMILES string of the molecule is O=C(C1CCCN(Cc2nc(C(c3ccccc3)c3ccccc3)no2)C1)N1CCOCC1. The highest BCUT2D eigenvalue weighted by molar-refractivity contribution is 5.79. The van der Waals surface area contributed by atoms with E-state index in [1.165, 1.54) is 0 Å². The van der Waals surface area contributed by atoms with Gasteiger partial charge < -0.3 is 14.2 Å². The fourth-order valence-corrected chi connectivity index (χ4v) is 4.87. The Kier molecular flexibility index (Phi) is 6.79. The number of benzene rings is 2. The van der Waals surface area contributed by atoms with Crippen molar-refractivity contribution < 1.29 is 14.1 Å². The maximum atomic E-state index is 13.0. The fourth-order valence-electron chi connectivity index (χ4n) is 4.87. The normalized spacial score (nSPS) is 19.7. The van der Waals surface area contributed by atoms with Gasteiger partial charge in [-0.15, -0.1) is 0 Å². The van der Waals surface area contributed by atoms with Crippen LogP contribution in [-0.4, -0.2) is 65.2 Å². The summed E-state index contributed by atoms with van der Waals surface area (Å²) in [4.78, 5) is 22.0. The van der Waals surface area contributed by atoms with Crippen LogP contribution < -0.4 is 0 Å². The minimum atomic E-state index is -0.0816. The number of hydrogen-bond donors (Lipinski definition) is 0. The Morgan fingerprint density at radius 1 is 0.970 bits per heavy atom. The van der Waals surface area contributed by atoms with Crippen LogP contribution in [0.15, 0.2) is 65.2 Å². The first-order valence-corrected chi connectivity index (χ1v) is 11.8. The van der Waals surface area contributed by atoms with Gasteiger partial charge in [0.05, 0.1) is 31.6 Å². The summed E-state index contributed by atoms with van der Waals surface area (Å²) in [5.41, 5.74) is 2.26. The molecule has 1 aromatic heterocycles. The number of carbonyl (C=O) groups excluding carboxylic acids is 1. The van der Waals surface area contributed by atoms with Gasteiger partial charge in [0.2, 0.25) is 11.8 Å². The summed E-state index contributed by atoms with van der Waals surface area (Å²) < 4.78 is 11.1. The number of amides is 1. The zero-order chi connectivity index (χ0) is 22.5. The predicted molar refractivity (Wildman–Crippen MR) is 124 cm³/mol. The molecule has 33 heavy (non-hydrogen) atoms. The lowest BCUT2D eigenvalue weighted by molar-refractivity contribution is -0.141. The van der Waals surface area contributed by atoms with Crippen molar-refractivity contribution in [1.29, 1.82) is 0 Å². The molecular weight excluding hydrogens is 416 g/mol. The van der Waals surface area contributed by atoms with Gasteiger partial charge in [-0.2, -0.15) is 4.98 Å². The minimum absolute atomic E-state index is 0.0284. The third-order valence-electron chi connectivity index (χ3n) is 6.54. The summed E-state index contributed by atoms with van der Waals surface area (Å²) in [6.07, 6.45) is 1.93. The van der Waals surface area contributed by atoms with Gasteiger partial charge in [-0.05, 0) is 30.5 Å². The molecule has 3 heterocycles. The van der Waals surface area contributed by atoms with Crippen LogP contribution >= 0.6 is 0 Å². The lowest BCUT2D eigenvalue weighted by atomic mass is 9.91. The Hall–Kier alpha value is -3.03. The summed E-state index contributed by atoms with van der Waals surface area (Å²) >= 11 is 0. The van der Waals surface area contributed by atoms with E-state index < -0.39 is 0 Å². The smallest absolute Gasteiger partial charge is 0.240 e. The second-order valence-corrected chi connectivity index (χ2v) is 8.81. The second kappa shape index (κ2) is 10.3. The molecular formula is C26H30N4O3. The van der Waals surface area contributed by atoms with E-state index in [4.69, 9.17) is 14.2 Å². The molecule has 1 atom stereocenters. The summed E-state index contributed by atoms with van der Waals surface area (Å²) in [7, 11) is 0. The van der Waals surface area contributed by atoms with E-state index in [0.29, 0.717) is 44.6 Å². The first-order chi connectivity index (χ1) is 16.3. The van der Waals surface area contributed by atoms with Crippen LogP contribution in [0.3, 0.4) is 0 Å². The number of carbonyl (C=O) groups is 1. The molecule has 0 spiro atoms. The maximum Gasteiger partial charge on any atom is 0.240 e. The molecule has 2 fully saturated rings. The van der Waals surface area contributed by atoms with Crippen LogP contribution in [0.5, 0.6) is 0 Å². The van der Waals surface area contributed by atoms with Crippen LogP contribution in [0.25, 0.3) is 0 Å². The van der Waals surface area contributed by atoms with Crippen molar-refractivity contribution in [2.45, 2.75) is 25.3 Å². The van der Waals surface area contributed by atoms with E-state index >= 15 is 0 Å². The molecule has 5 rings (SSSR count). The minimum Gasteiger partial charge on any atom is -0.378 e. The highest BCUT2D eigenvalue weighted by Crippen LogP contribution is 2.30. The zero-order valence-corrected chi connectivity index (χ0v) is 18.8. The van der Waals surface area contributed by atoms with Crippen molar-refractivity contribution in [3.8, 4) is 0 Å². The molecule has 2 aromatic carbocycles. The van der Waals surface area contributed by atoms with Crippen LogP contribution in [0.2, 0.25) is 0 Å². The summed E-state index contributed by atoms with van der Waals surface area (Å²) in [5.74, 6) is 1.46. The van der Waals surface area contributed by atoms with E-state index in [-0.39, 0.29) is 17.7 Å². The molecule has 1 amide bonds. The average Bonchev–Trinajstić information content (AvgIpc) is 3.33. The first kappa shape index (κ1) is 21.8. The highest BCUT2D eigenvalue weighted by Gasteiger charge is 2.31. The van der Waals surface area contributed by atoms with Crippen molar-refractivity contribution in [2.24, 2.45) is 5.92 Å². The van der Waals surface area contributed by atoms with Gasteiger partial charge >= 0.3 is 0 Å². The number of aromatic nitrogens is 2. The number of hydrogen-bond acceptors (Lipinski definition) is 6. The molecule has 2 saturated heterocycles. The van der Waals surface area contributed by atoms with Crippen molar-refractivity contribution in [1.82, 2.24) is 19.9 Å². The Labute approximate surface area is 194 Å². The van der Waals surface area contributed by atoms with Crippen LogP contribution in [-0.2, 0) is 16.1 Å². The van der Waals surface area contributed by atoms with Crippen LogP contribution in [0, 0.1) is 5.92 Å². The molecule has 172 valence electrons. The average molecular weight is 447 g/mol. The highest BCUT2D eigenvalue weighted by atomic mass is 16.5. The standard InChI is InChI=1S/C26H30N4O3/c31-26(30-14-16-32-17-15-30)22-12-7-13-29(18-22)19-23-27-25(28-33-23)24(20-8-3-1-4-9-20)21-10-5-2-6-11-21/h1-6,8-11,22,24H,7,12-19H2. The quantitative estimate of drug-likeness (QED) is 0.579. The van der Waals surface area contributed by atoms with Gasteiger partial charge in [-0.3, -0.25) is 9.69 Å². The predicted octanol–water partition coefficient (Wildman–Crippen LogP) is 3.32. The monoisotopic (exact) mass is 446 g/mol. The summed E-state index contributed by atoms with van der Waals surface area (Å²) in [6, 6.07) is 20.5. The van der Waals surface area contributed by atoms with Crippen molar-refractivity contribution in [2.75, 3.05) is 39.4 Å². The molecule has 3 aromatic rings. The van der Waals surface area contributed by atoms with E-state index in [9.17, 15) is 4.79 Å². The molecule has 0 saturated carbocycles. The molecule has 7 nitrogen and oxygen atoms in total. The van der Waals surface area contributed by atoms with Crippen molar-refractivity contribution in [3.05, 3.63) is 83.5 Å². The van der Waals surface area contributed by atoms with Gasteiger partial charge in [0, 0.05) is 19.6 Å². The molecule has 2 aliphatic rings. The zero-order valence-electron chi connectivity index (χ0n) is 18.8. The fraction of sp³-hybridized carbons (Fsp3) is 0.423. The molecule has 2 aliphatic heterocycles. The molecule has 1 unspecified atom stereocenters. The summed E-state index contributed by atoms with van der Waals surface area (Å²) in [5, 5.41) is 4.36. The third-order valence-corrected chi connectivity index (χ3v) is 6.54. The molecule has 0 N–H and O–H groups in total. The van der Waals surface area contributed by atoms with E-state index in [2.05, 4.69) is 34.3 Å². The van der Waals surface area contributed by atoms with Crippen molar-refractivity contribution >= 4 is 5.91 Å². The van der Waals surface area contributed by atoms with Gasteiger partial charge in [0.15, 0.2) is 5.82 Å².